The van der Waals surface area contributed by atoms with Crippen LogP contribution in [0.1, 0.15) is 349 Å². The van der Waals surface area contributed by atoms with Crippen LogP contribution < -0.4 is 0 Å². The summed E-state index contributed by atoms with van der Waals surface area (Å²) in [5, 5.41) is 10.6. The van der Waals surface area contributed by atoms with Gasteiger partial charge in [0.15, 0.2) is 12.2 Å². The van der Waals surface area contributed by atoms with Gasteiger partial charge in [-0.25, -0.2) is 9.13 Å². The van der Waals surface area contributed by atoms with Gasteiger partial charge in [0.2, 0.25) is 0 Å². The predicted molar refractivity (Wildman–Crippen MR) is 418 cm³/mol. The Morgan fingerprint density at radius 1 is 0.284 bits per heavy atom. The van der Waals surface area contributed by atoms with E-state index in [1.807, 2.05) is 18.2 Å². The molecule has 0 aliphatic carbocycles. The Morgan fingerprint density at radius 3 is 0.853 bits per heavy atom. The smallest absolute Gasteiger partial charge is 0.462 e. The van der Waals surface area contributed by atoms with E-state index in [-0.39, 0.29) is 25.7 Å². The Bertz CT molecular complexity index is 2310. The molecule has 0 rings (SSSR count). The standard InChI is InChI=1S/C83H146O17P2/c1-5-9-13-17-21-25-29-33-36-37-38-39-42-46-50-54-58-62-66-70-83(88)100-78(73-93-80(85)67-63-59-55-51-47-43-32-28-24-20-16-12-8-4)75-97-101(89,90)95-71-77(84)72-96-102(91,92)98-76-79(99-82(87)69-65-61-57-53-49-45-41-35-31-27-23-19-15-11-7-3)74-94-81(86)68-64-60-56-52-48-44-40-34-30-26-22-18-14-10-6-2/h9,13,21,25-26,30,33,35-36,38-39,41,46,50,58,62,77-79,84H,5-8,10-12,14-20,22-24,27-29,31-32,34,37,40,42-45,47-49,51-57,59-61,63-76H2,1-4H3,(H,89,90)(H,91,92)/b13-9-,25-21-,30-26-,36-33-,39-38-,41-35-,50-46-,62-58-/t77-,78+,79+/m0/s1. The normalized spacial score (nSPS) is 14.4. The maximum atomic E-state index is 13.1. The maximum absolute atomic E-state index is 13.1. The molecule has 102 heavy (non-hydrogen) atoms. The summed E-state index contributed by atoms with van der Waals surface area (Å²) in [5.41, 5.74) is 0. The molecule has 0 aromatic heterocycles. The van der Waals surface area contributed by atoms with E-state index in [0.717, 1.165) is 128 Å². The minimum atomic E-state index is -4.99. The Hall–Kier alpha value is -4.02. The quantitative estimate of drug-likeness (QED) is 0.0169. The van der Waals surface area contributed by atoms with Crippen molar-refractivity contribution in [2.24, 2.45) is 0 Å². The van der Waals surface area contributed by atoms with Gasteiger partial charge in [0, 0.05) is 25.7 Å². The summed E-state index contributed by atoms with van der Waals surface area (Å²) in [5.74, 6) is -2.27. The molecule has 5 atom stereocenters. The monoisotopic (exact) mass is 1480 g/mol. The first-order valence-corrected chi connectivity index (χ1v) is 43.5. The van der Waals surface area contributed by atoms with Crippen molar-refractivity contribution in [2.75, 3.05) is 39.6 Å². The lowest BCUT2D eigenvalue weighted by Gasteiger charge is -2.21. The van der Waals surface area contributed by atoms with Crippen LogP contribution in [0.15, 0.2) is 97.2 Å². The molecule has 0 aliphatic rings. The number of aliphatic hydroxyl groups is 1. The number of carbonyl (C=O) groups is 4. The summed E-state index contributed by atoms with van der Waals surface area (Å²) in [6.45, 7) is 4.69. The Balaban J connectivity index is 5.41. The summed E-state index contributed by atoms with van der Waals surface area (Å²) in [4.78, 5) is 73.0. The molecule has 0 aliphatic heterocycles. The minimum Gasteiger partial charge on any atom is -0.462 e. The number of hydrogen-bond donors (Lipinski definition) is 3. The van der Waals surface area contributed by atoms with Crippen molar-refractivity contribution < 1.29 is 80.2 Å². The number of phosphoric ester groups is 2. The van der Waals surface area contributed by atoms with Gasteiger partial charge in [-0.2, -0.15) is 0 Å². The van der Waals surface area contributed by atoms with Crippen LogP contribution in [0.5, 0.6) is 0 Å². The van der Waals surface area contributed by atoms with Crippen LogP contribution in [-0.2, 0) is 65.4 Å². The van der Waals surface area contributed by atoms with Crippen LogP contribution in [-0.4, -0.2) is 96.7 Å². The van der Waals surface area contributed by atoms with Crippen molar-refractivity contribution in [3.8, 4) is 0 Å². The van der Waals surface area contributed by atoms with E-state index in [1.165, 1.54) is 135 Å². The van der Waals surface area contributed by atoms with Crippen molar-refractivity contribution in [2.45, 2.75) is 367 Å². The molecule has 0 saturated heterocycles. The molecule has 17 nitrogen and oxygen atoms in total. The molecule has 0 spiro atoms. The number of hydrogen-bond acceptors (Lipinski definition) is 15. The van der Waals surface area contributed by atoms with Crippen molar-refractivity contribution in [3.63, 3.8) is 0 Å². The zero-order valence-corrected chi connectivity index (χ0v) is 66.3. The fourth-order valence-electron chi connectivity index (χ4n) is 10.9. The van der Waals surface area contributed by atoms with E-state index in [4.69, 9.17) is 37.0 Å². The fourth-order valence-corrected chi connectivity index (χ4v) is 12.5. The van der Waals surface area contributed by atoms with Gasteiger partial charge in [0.1, 0.15) is 19.3 Å². The van der Waals surface area contributed by atoms with Crippen LogP contribution in [0.3, 0.4) is 0 Å². The largest absolute Gasteiger partial charge is 0.472 e. The van der Waals surface area contributed by atoms with Gasteiger partial charge in [-0.15, -0.1) is 0 Å². The first-order valence-electron chi connectivity index (χ1n) is 40.5. The average molecular weight is 1480 g/mol. The molecule has 0 heterocycles. The maximum Gasteiger partial charge on any atom is 0.472 e. The summed E-state index contributed by atoms with van der Waals surface area (Å²) in [6.07, 6.45) is 79.7. The van der Waals surface area contributed by atoms with E-state index in [0.29, 0.717) is 32.1 Å². The molecule has 590 valence electrons. The molecule has 0 amide bonds. The highest BCUT2D eigenvalue weighted by Crippen LogP contribution is 2.45. The lowest BCUT2D eigenvalue weighted by Crippen LogP contribution is -2.30. The molecule has 0 aromatic rings. The highest BCUT2D eigenvalue weighted by Gasteiger charge is 2.30. The van der Waals surface area contributed by atoms with Gasteiger partial charge in [-0.3, -0.25) is 37.3 Å². The lowest BCUT2D eigenvalue weighted by molar-refractivity contribution is -0.161. The van der Waals surface area contributed by atoms with E-state index in [9.17, 15) is 43.2 Å². The average Bonchev–Trinajstić information content (AvgIpc) is 0.924. The first-order chi connectivity index (χ1) is 49.7. The number of phosphoric acid groups is 2. The highest BCUT2D eigenvalue weighted by atomic mass is 31.2. The molecular formula is C83H146O17P2. The number of allylic oxidation sites excluding steroid dienone is 16. The van der Waals surface area contributed by atoms with Gasteiger partial charge in [-0.05, 0) is 116 Å². The number of ether oxygens (including phenoxy) is 4. The minimum absolute atomic E-state index is 0.0284. The number of aliphatic hydroxyl groups excluding tert-OH is 1. The molecule has 2 unspecified atom stereocenters. The lowest BCUT2D eigenvalue weighted by atomic mass is 10.0. The molecule has 0 bridgehead atoms. The summed E-state index contributed by atoms with van der Waals surface area (Å²) >= 11 is 0. The molecule has 0 radical (unpaired) electrons. The third-order valence-electron chi connectivity index (χ3n) is 17.0. The summed E-state index contributed by atoms with van der Waals surface area (Å²) in [6, 6.07) is 0. The van der Waals surface area contributed by atoms with Crippen molar-refractivity contribution in [3.05, 3.63) is 97.2 Å². The van der Waals surface area contributed by atoms with Gasteiger partial charge in [0.05, 0.1) is 26.4 Å². The zero-order valence-electron chi connectivity index (χ0n) is 64.5. The second-order valence-electron chi connectivity index (χ2n) is 27.0. The molecule has 19 heteroatoms. The predicted octanol–water partition coefficient (Wildman–Crippen LogP) is 23.6. The number of carbonyl (C=O) groups excluding carboxylic acids is 4. The van der Waals surface area contributed by atoms with Crippen LogP contribution in [0.2, 0.25) is 0 Å². The fraction of sp³-hybridized carbons (Fsp3) is 0.759. The number of esters is 4. The van der Waals surface area contributed by atoms with Gasteiger partial charge in [-0.1, -0.05) is 305 Å². The van der Waals surface area contributed by atoms with E-state index in [2.05, 4.69) is 107 Å². The second kappa shape index (κ2) is 75.2. The Labute approximate surface area is 620 Å². The molecule has 3 N–H and O–H groups in total. The summed E-state index contributed by atoms with van der Waals surface area (Å²) in [7, 11) is -9.98. The topological polar surface area (TPSA) is 237 Å². The molecular weight excluding hydrogens is 1330 g/mol. The molecule has 0 fully saturated rings. The zero-order chi connectivity index (χ0) is 74.6. The first kappa shape index (κ1) is 98.0. The summed E-state index contributed by atoms with van der Waals surface area (Å²) < 4.78 is 68.5. The molecule has 0 aromatic carbocycles. The van der Waals surface area contributed by atoms with Crippen LogP contribution in [0.4, 0.5) is 0 Å². The Kier molecular flexibility index (Phi) is 72.3. The third-order valence-corrected chi connectivity index (χ3v) is 18.9. The third kappa shape index (κ3) is 74.3. The Morgan fingerprint density at radius 2 is 0.529 bits per heavy atom. The van der Waals surface area contributed by atoms with Crippen LogP contribution in [0.25, 0.3) is 0 Å². The van der Waals surface area contributed by atoms with Gasteiger partial charge < -0.3 is 33.8 Å². The van der Waals surface area contributed by atoms with Gasteiger partial charge in [0.25, 0.3) is 0 Å². The number of unbranched alkanes of at least 4 members (excludes halogenated alkanes) is 34. The van der Waals surface area contributed by atoms with E-state index >= 15 is 0 Å². The van der Waals surface area contributed by atoms with Crippen LogP contribution in [0, 0.1) is 0 Å². The van der Waals surface area contributed by atoms with Crippen molar-refractivity contribution >= 4 is 39.5 Å². The van der Waals surface area contributed by atoms with E-state index in [1.54, 1.807) is 0 Å². The van der Waals surface area contributed by atoms with Gasteiger partial charge >= 0.3 is 39.5 Å². The SMILES string of the molecule is CC/C=C\C/C=C\C/C=C\C/C=C\C/C=C\C/C=C\CCC(=O)O[C@H](COC(=O)CCCCCCCCCCCCCCC)COP(=O)(O)OC[C@H](O)COP(=O)(O)OC[C@@H](COC(=O)CCCCCCCCC/C=C\CCCCCC)OC(=O)CCCCCCC/C=C\CCCCCCCC. The van der Waals surface area contributed by atoms with E-state index < -0.39 is 97.5 Å². The van der Waals surface area contributed by atoms with Crippen molar-refractivity contribution in [1.29, 1.82) is 0 Å². The van der Waals surface area contributed by atoms with Crippen molar-refractivity contribution in [1.82, 2.24) is 0 Å². The second-order valence-corrected chi connectivity index (χ2v) is 29.9. The number of rotatable bonds is 76. The van der Waals surface area contributed by atoms with Crippen LogP contribution >= 0.6 is 15.6 Å². The molecule has 0 saturated carbocycles. The highest BCUT2D eigenvalue weighted by molar-refractivity contribution is 7.47.